The minimum absolute atomic E-state index is 0.00735. The van der Waals surface area contributed by atoms with E-state index < -0.39 is 0 Å². The molecule has 1 amide bonds. The van der Waals surface area contributed by atoms with Crippen LogP contribution in [0.4, 0.5) is 4.39 Å². The average Bonchev–Trinajstić information content (AvgIpc) is 2.80. The molecule has 0 saturated carbocycles. The maximum Gasteiger partial charge on any atom is 0.306 e. The Morgan fingerprint density at radius 2 is 1.96 bits per heavy atom. The Bertz CT molecular complexity index is 530. The third kappa shape index (κ3) is 5.34. The van der Waals surface area contributed by atoms with Crippen LogP contribution in [-0.2, 0) is 14.3 Å². The average molecular weight is 321 g/mol. The summed E-state index contributed by atoms with van der Waals surface area (Å²) in [7, 11) is 0. The molecule has 126 valence electrons. The first kappa shape index (κ1) is 17.4. The zero-order valence-corrected chi connectivity index (χ0v) is 13.6. The van der Waals surface area contributed by atoms with E-state index in [0.717, 1.165) is 31.4 Å². The van der Waals surface area contributed by atoms with Gasteiger partial charge in [0.25, 0.3) is 0 Å². The van der Waals surface area contributed by atoms with E-state index in [2.05, 4.69) is 0 Å². The fourth-order valence-corrected chi connectivity index (χ4v) is 2.98. The lowest BCUT2D eigenvalue weighted by Crippen LogP contribution is -2.34. The Morgan fingerprint density at radius 1 is 1.22 bits per heavy atom. The van der Waals surface area contributed by atoms with Crippen LogP contribution >= 0.6 is 0 Å². The number of likely N-dealkylation sites (tertiary alicyclic amines) is 1. The van der Waals surface area contributed by atoms with E-state index in [1.807, 2.05) is 4.90 Å². The molecule has 1 atom stereocenters. The molecular weight excluding hydrogens is 297 g/mol. The summed E-state index contributed by atoms with van der Waals surface area (Å²) in [6.45, 7) is 3.44. The molecule has 0 radical (unpaired) electrons. The SMILES string of the molecule is CCOC(=O)CCC(=O)N1CCCCC(c2ccc(F)cc2)C1. The quantitative estimate of drug-likeness (QED) is 0.782. The van der Waals surface area contributed by atoms with Crippen molar-refractivity contribution in [1.29, 1.82) is 0 Å². The predicted octanol–water partition coefficient (Wildman–Crippen LogP) is 3.27. The van der Waals surface area contributed by atoms with Crippen molar-refractivity contribution in [1.82, 2.24) is 4.90 Å². The van der Waals surface area contributed by atoms with Crippen LogP contribution in [0.15, 0.2) is 24.3 Å². The van der Waals surface area contributed by atoms with Gasteiger partial charge in [0, 0.05) is 25.4 Å². The van der Waals surface area contributed by atoms with Gasteiger partial charge in [-0.3, -0.25) is 9.59 Å². The highest BCUT2D eigenvalue weighted by Crippen LogP contribution is 2.27. The lowest BCUT2D eigenvalue weighted by Gasteiger charge is -2.25. The lowest BCUT2D eigenvalue weighted by atomic mass is 9.94. The summed E-state index contributed by atoms with van der Waals surface area (Å²) in [5.41, 5.74) is 1.07. The van der Waals surface area contributed by atoms with Crippen LogP contribution in [-0.4, -0.2) is 36.5 Å². The molecule has 1 aromatic rings. The minimum atomic E-state index is -0.328. The molecule has 0 N–H and O–H groups in total. The fraction of sp³-hybridized carbons (Fsp3) is 0.556. The van der Waals surface area contributed by atoms with Crippen molar-refractivity contribution < 1.29 is 18.7 Å². The third-order valence-corrected chi connectivity index (χ3v) is 4.21. The van der Waals surface area contributed by atoms with Crippen molar-refractivity contribution in [2.24, 2.45) is 0 Å². The monoisotopic (exact) mass is 321 g/mol. The van der Waals surface area contributed by atoms with E-state index >= 15 is 0 Å². The van der Waals surface area contributed by atoms with E-state index in [1.54, 1.807) is 19.1 Å². The van der Waals surface area contributed by atoms with E-state index in [0.29, 0.717) is 13.2 Å². The number of carbonyl (C=O) groups is 2. The number of esters is 1. The van der Waals surface area contributed by atoms with Gasteiger partial charge in [-0.15, -0.1) is 0 Å². The van der Waals surface area contributed by atoms with Crippen molar-refractivity contribution >= 4 is 11.9 Å². The minimum Gasteiger partial charge on any atom is -0.466 e. The summed E-state index contributed by atoms with van der Waals surface area (Å²) >= 11 is 0. The van der Waals surface area contributed by atoms with Crippen LogP contribution in [0.5, 0.6) is 0 Å². The number of halogens is 1. The van der Waals surface area contributed by atoms with Crippen molar-refractivity contribution in [2.75, 3.05) is 19.7 Å². The van der Waals surface area contributed by atoms with E-state index in [-0.39, 0.29) is 36.5 Å². The molecule has 1 saturated heterocycles. The largest absolute Gasteiger partial charge is 0.466 e. The molecule has 1 fully saturated rings. The highest BCUT2D eigenvalue weighted by Gasteiger charge is 2.23. The Hall–Kier alpha value is -1.91. The molecule has 4 nitrogen and oxygen atoms in total. The van der Waals surface area contributed by atoms with Gasteiger partial charge in [-0.2, -0.15) is 0 Å². The van der Waals surface area contributed by atoms with Crippen LogP contribution in [0.1, 0.15) is 50.5 Å². The van der Waals surface area contributed by atoms with Gasteiger partial charge in [-0.25, -0.2) is 4.39 Å². The predicted molar refractivity (Wildman–Crippen MR) is 85.4 cm³/mol. The summed E-state index contributed by atoms with van der Waals surface area (Å²) in [6.07, 6.45) is 3.32. The molecule has 0 spiro atoms. The maximum atomic E-state index is 13.1. The van der Waals surface area contributed by atoms with Crippen molar-refractivity contribution in [2.45, 2.75) is 44.9 Å². The summed E-state index contributed by atoms with van der Waals surface area (Å²) in [4.78, 5) is 25.6. The first-order chi connectivity index (χ1) is 11.1. The fourth-order valence-electron chi connectivity index (χ4n) is 2.98. The second-order valence-electron chi connectivity index (χ2n) is 5.89. The van der Waals surface area contributed by atoms with Gasteiger partial charge >= 0.3 is 5.97 Å². The molecular formula is C18H24FNO3. The molecule has 0 bridgehead atoms. The summed E-state index contributed by atoms with van der Waals surface area (Å²) < 4.78 is 17.9. The molecule has 2 rings (SSSR count). The molecule has 1 aliphatic rings. The van der Waals surface area contributed by atoms with Crippen LogP contribution in [0, 0.1) is 5.82 Å². The highest BCUT2D eigenvalue weighted by molar-refractivity contribution is 5.81. The maximum absolute atomic E-state index is 13.1. The van der Waals surface area contributed by atoms with Gasteiger partial charge in [0.05, 0.1) is 13.0 Å². The van der Waals surface area contributed by atoms with Gasteiger partial charge in [0.1, 0.15) is 5.82 Å². The third-order valence-electron chi connectivity index (χ3n) is 4.21. The number of hydrogen-bond acceptors (Lipinski definition) is 3. The van der Waals surface area contributed by atoms with Gasteiger partial charge in [0.2, 0.25) is 5.91 Å². The van der Waals surface area contributed by atoms with Gasteiger partial charge in [0.15, 0.2) is 0 Å². The molecule has 1 aromatic carbocycles. The van der Waals surface area contributed by atoms with Gasteiger partial charge < -0.3 is 9.64 Å². The Kier molecular flexibility index (Phi) is 6.56. The molecule has 1 unspecified atom stereocenters. The zero-order chi connectivity index (χ0) is 16.7. The van der Waals surface area contributed by atoms with Crippen LogP contribution in [0.25, 0.3) is 0 Å². The number of benzene rings is 1. The van der Waals surface area contributed by atoms with Gasteiger partial charge in [-0.05, 0) is 37.5 Å². The number of carbonyl (C=O) groups excluding carboxylic acids is 2. The first-order valence-corrected chi connectivity index (χ1v) is 8.29. The molecule has 0 aromatic heterocycles. The Morgan fingerprint density at radius 3 is 2.65 bits per heavy atom. The van der Waals surface area contributed by atoms with Crippen molar-refractivity contribution in [3.05, 3.63) is 35.6 Å². The van der Waals surface area contributed by atoms with Crippen LogP contribution in [0.2, 0.25) is 0 Å². The lowest BCUT2D eigenvalue weighted by molar-refractivity contribution is -0.145. The molecule has 5 heteroatoms. The molecule has 1 heterocycles. The molecule has 23 heavy (non-hydrogen) atoms. The smallest absolute Gasteiger partial charge is 0.306 e. The Balaban J connectivity index is 1.94. The second kappa shape index (κ2) is 8.65. The number of hydrogen-bond donors (Lipinski definition) is 0. The number of ether oxygens (including phenoxy) is 1. The number of rotatable bonds is 5. The van der Waals surface area contributed by atoms with Crippen LogP contribution < -0.4 is 0 Å². The van der Waals surface area contributed by atoms with E-state index in [1.165, 1.54) is 12.1 Å². The molecule has 0 aliphatic carbocycles. The zero-order valence-electron chi connectivity index (χ0n) is 13.6. The number of nitrogens with zero attached hydrogens (tertiary/aromatic N) is 1. The molecule has 1 aliphatic heterocycles. The van der Waals surface area contributed by atoms with E-state index in [9.17, 15) is 14.0 Å². The van der Waals surface area contributed by atoms with Gasteiger partial charge in [-0.1, -0.05) is 18.6 Å². The second-order valence-corrected chi connectivity index (χ2v) is 5.89. The number of amides is 1. The first-order valence-electron chi connectivity index (χ1n) is 8.29. The summed E-state index contributed by atoms with van der Waals surface area (Å²) in [5, 5.41) is 0. The van der Waals surface area contributed by atoms with Crippen molar-refractivity contribution in [3.63, 3.8) is 0 Å². The summed E-state index contributed by atoms with van der Waals surface area (Å²) in [5.74, 6) is -0.354. The summed E-state index contributed by atoms with van der Waals surface area (Å²) in [6, 6.07) is 6.53. The highest BCUT2D eigenvalue weighted by atomic mass is 19.1. The van der Waals surface area contributed by atoms with Crippen LogP contribution in [0.3, 0.4) is 0 Å². The van der Waals surface area contributed by atoms with Crippen molar-refractivity contribution in [3.8, 4) is 0 Å². The normalized spacial score (nSPS) is 18.3. The van der Waals surface area contributed by atoms with E-state index in [4.69, 9.17) is 4.74 Å². The Labute approximate surface area is 136 Å². The standard InChI is InChI=1S/C18H24FNO3/c1-2-23-18(22)11-10-17(21)20-12-4-3-5-15(13-20)14-6-8-16(19)9-7-14/h6-9,15H,2-5,10-13H2,1H3. The topological polar surface area (TPSA) is 46.6 Å².